The first-order valence-corrected chi connectivity index (χ1v) is 6.39. The van der Waals surface area contributed by atoms with E-state index in [9.17, 15) is 14.4 Å². The Balaban J connectivity index is 2.70. The highest BCUT2D eigenvalue weighted by atomic mass is 16.5. The molecule has 0 amide bonds. The van der Waals surface area contributed by atoms with Gasteiger partial charge in [-0.3, -0.25) is 14.2 Å². The topological polar surface area (TPSA) is 83.8 Å². The standard InChI is InChI=1S/C15H15NO6/c1-20-13(17)12(14(18)21-2)10-8-16(15(19)22-3)11-7-5-4-6-9(10)11/h4-8,12H,1-3H3. The van der Waals surface area contributed by atoms with Gasteiger partial charge < -0.3 is 14.2 Å². The van der Waals surface area contributed by atoms with Crippen LogP contribution >= 0.6 is 0 Å². The van der Waals surface area contributed by atoms with Crippen LogP contribution in [0.4, 0.5) is 4.79 Å². The highest BCUT2D eigenvalue weighted by molar-refractivity contribution is 6.05. The van der Waals surface area contributed by atoms with E-state index in [1.165, 1.54) is 32.1 Å². The largest absolute Gasteiger partial charge is 0.468 e. The Morgan fingerprint density at radius 2 is 1.55 bits per heavy atom. The Kier molecular flexibility index (Phi) is 4.45. The van der Waals surface area contributed by atoms with Crippen molar-refractivity contribution in [2.24, 2.45) is 0 Å². The number of methoxy groups -OCH3 is 3. The summed E-state index contributed by atoms with van der Waals surface area (Å²) in [6.45, 7) is 0. The number of rotatable bonds is 3. The molecular formula is C15H15NO6. The van der Waals surface area contributed by atoms with E-state index in [0.29, 0.717) is 16.5 Å². The highest BCUT2D eigenvalue weighted by Gasteiger charge is 2.34. The molecule has 0 aliphatic rings. The molecule has 0 bridgehead atoms. The van der Waals surface area contributed by atoms with Gasteiger partial charge in [-0.1, -0.05) is 18.2 Å². The molecule has 0 N–H and O–H groups in total. The summed E-state index contributed by atoms with van der Waals surface area (Å²) >= 11 is 0. The number of carbonyl (C=O) groups excluding carboxylic acids is 3. The number of esters is 2. The lowest BCUT2D eigenvalue weighted by Crippen LogP contribution is -2.24. The fraction of sp³-hybridized carbons (Fsp3) is 0.267. The first-order chi connectivity index (χ1) is 10.5. The molecule has 0 spiro atoms. The Morgan fingerprint density at radius 3 is 2.09 bits per heavy atom. The first kappa shape index (κ1) is 15.6. The Hall–Kier alpha value is -2.83. The summed E-state index contributed by atoms with van der Waals surface area (Å²) in [6, 6.07) is 6.85. The lowest BCUT2D eigenvalue weighted by molar-refractivity contribution is -0.154. The summed E-state index contributed by atoms with van der Waals surface area (Å²) in [5, 5.41) is 0.564. The zero-order valence-corrected chi connectivity index (χ0v) is 12.4. The Morgan fingerprint density at radius 1 is 0.955 bits per heavy atom. The third-order valence-electron chi connectivity index (χ3n) is 3.30. The molecule has 0 radical (unpaired) electrons. The minimum Gasteiger partial charge on any atom is -0.468 e. The Bertz CT molecular complexity index is 717. The SMILES string of the molecule is COC(=O)C(C(=O)OC)c1cn(C(=O)OC)c2ccccc12. The molecule has 0 saturated carbocycles. The molecule has 0 saturated heterocycles. The molecule has 0 aliphatic heterocycles. The summed E-state index contributed by atoms with van der Waals surface area (Å²) in [4.78, 5) is 35.8. The third-order valence-corrected chi connectivity index (χ3v) is 3.30. The van der Waals surface area contributed by atoms with Crippen molar-refractivity contribution in [1.29, 1.82) is 0 Å². The van der Waals surface area contributed by atoms with Gasteiger partial charge in [0.2, 0.25) is 0 Å². The normalized spacial score (nSPS) is 10.5. The average Bonchev–Trinajstić information content (AvgIpc) is 2.93. The molecule has 1 aromatic carbocycles. The molecule has 116 valence electrons. The molecule has 0 unspecified atom stereocenters. The van der Waals surface area contributed by atoms with Crippen LogP contribution in [0.2, 0.25) is 0 Å². The summed E-state index contributed by atoms with van der Waals surface area (Å²) in [5.41, 5.74) is 0.835. The van der Waals surface area contributed by atoms with Crippen molar-refractivity contribution in [2.75, 3.05) is 21.3 Å². The number of hydrogen-bond acceptors (Lipinski definition) is 6. The zero-order chi connectivity index (χ0) is 16.3. The van der Waals surface area contributed by atoms with Crippen molar-refractivity contribution < 1.29 is 28.6 Å². The number of hydrogen-bond donors (Lipinski definition) is 0. The molecule has 7 heteroatoms. The van der Waals surface area contributed by atoms with E-state index in [4.69, 9.17) is 4.74 Å². The maximum absolute atomic E-state index is 12.0. The lowest BCUT2D eigenvalue weighted by atomic mass is 9.99. The molecule has 2 rings (SSSR count). The molecule has 1 aromatic heterocycles. The van der Waals surface area contributed by atoms with Gasteiger partial charge in [-0.2, -0.15) is 0 Å². The predicted molar refractivity (Wildman–Crippen MR) is 76.5 cm³/mol. The molecule has 7 nitrogen and oxygen atoms in total. The first-order valence-electron chi connectivity index (χ1n) is 6.39. The third kappa shape index (κ3) is 2.52. The quantitative estimate of drug-likeness (QED) is 0.487. The maximum atomic E-state index is 12.0. The van der Waals surface area contributed by atoms with Crippen molar-refractivity contribution in [3.05, 3.63) is 36.0 Å². The molecule has 0 atom stereocenters. The van der Waals surface area contributed by atoms with Gasteiger partial charge in [0.05, 0.1) is 26.8 Å². The van der Waals surface area contributed by atoms with Crippen molar-refractivity contribution in [1.82, 2.24) is 4.57 Å². The summed E-state index contributed by atoms with van der Waals surface area (Å²) < 4.78 is 15.3. The second-order valence-corrected chi connectivity index (χ2v) is 4.42. The molecular weight excluding hydrogens is 290 g/mol. The zero-order valence-electron chi connectivity index (χ0n) is 12.4. The van der Waals surface area contributed by atoms with Crippen LogP contribution in [0.3, 0.4) is 0 Å². The van der Waals surface area contributed by atoms with E-state index in [0.717, 1.165) is 0 Å². The smallest absolute Gasteiger partial charge is 0.418 e. The Labute approximate surface area is 126 Å². The van der Waals surface area contributed by atoms with Crippen molar-refractivity contribution >= 4 is 28.9 Å². The maximum Gasteiger partial charge on any atom is 0.418 e. The number of nitrogens with zero attached hydrogens (tertiary/aromatic N) is 1. The van der Waals surface area contributed by atoms with Gasteiger partial charge in [0.25, 0.3) is 0 Å². The van der Waals surface area contributed by atoms with E-state index in [1.54, 1.807) is 24.3 Å². The number of benzene rings is 1. The van der Waals surface area contributed by atoms with Crippen LogP contribution in [-0.4, -0.2) is 43.9 Å². The molecule has 2 aromatic rings. The monoisotopic (exact) mass is 305 g/mol. The number of para-hydroxylation sites is 1. The van der Waals surface area contributed by atoms with Gasteiger partial charge in [0.15, 0.2) is 5.92 Å². The lowest BCUT2D eigenvalue weighted by Gasteiger charge is -2.11. The second kappa shape index (κ2) is 6.30. The van der Waals surface area contributed by atoms with Crippen LogP contribution in [0.1, 0.15) is 11.5 Å². The van der Waals surface area contributed by atoms with Crippen LogP contribution < -0.4 is 0 Å². The minimum absolute atomic E-state index is 0.319. The summed E-state index contributed by atoms with van der Waals surface area (Å²) in [5.74, 6) is -2.80. The fourth-order valence-electron chi connectivity index (χ4n) is 2.27. The van der Waals surface area contributed by atoms with Gasteiger partial charge in [0.1, 0.15) is 0 Å². The van der Waals surface area contributed by atoms with Crippen molar-refractivity contribution in [3.8, 4) is 0 Å². The van der Waals surface area contributed by atoms with Crippen LogP contribution in [0.15, 0.2) is 30.5 Å². The minimum atomic E-state index is -1.27. The molecule has 22 heavy (non-hydrogen) atoms. The number of aromatic nitrogens is 1. The van der Waals surface area contributed by atoms with E-state index >= 15 is 0 Å². The second-order valence-electron chi connectivity index (χ2n) is 4.42. The van der Waals surface area contributed by atoms with E-state index in [1.807, 2.05) is 0 Å². The van der Waals surface area contributed by atoms with E-state index < -0.39 is 23.9 Å². The predicted octanol–water partition coefficient (Wildman–Crippen LogP) is 1.69. The van der Waals surface area contributed by atoms with E-state index in [-0.39, 0.29) is 0 Å². The summed E-state index contributed by atoms with van der Waals surface area (Å²) in [6.07, 6.45) is 0.755. The van der Waals surface area contributed by atoms with Crippen LogP contribution in [-0.2, 0) is 23.8 Å². The molecule has 1 heterocycles. The number of ether oxygens (including phenoxy) is 3. The molecule has 0 aliphatic carbocycles. The van der Waals surface area contributed by atoms with E-state index in [2.05, 4.69) is 9.47 Å². The highest BCUT2D eigenvalue weighted by Crippen LogP contribution is 2.29. The van der Waals surface area contributed by atoms with Crippen LogP contribution in [0.25, 0.3) is 10.9 Å². The van der Waals surface area contributed by atoms with Crippen molar-refractivity contribution in [3.63, 3.8) is 0 Å². The molecule has 0 fully saturated rings. The number of fused-ring (bicyclic) bond motifs is 1. The fourth-order valence-corrected chi connectivity index (χ4v) is 2.27. The van der Waals surface area contributed by atoms with Gasteiger partial charge >= 0.3 is 18.0 Å². The average molecular weight is 305 g/mol. The van der Waals surface area contributed by atoms with Gasteiger partial charge in [0, 0.05) is 17.1 Å². The number of carbonyl (C=O) groups is 3. The van der Waals surface area contributed by atoms with Gasteiger partial charge in [-0.15, -0.1) is 0 Å². The van der Waals surface area contributed by atoms with Gasteiger partial charge in [-0.25, -0.2) is 4.79 Å². The van der Waals surface area contributed by atoms with Gasteiger partial charge in [-0.05, 0) is 6.07 Å². The van der Waals surface area contributed by atoms with Crippen LogP contribution in [0, 0.1) is 0 Å². The summed E-state index contributed by atoms with van der Waals surface area (Å²) in [7, 11) is 3.60. The van der Waals surface area contributed by atoms with Crippen LogP contribution in [0.5, 0.6) is 0 Å². The van der Waals surface area contributed by atoms with Crippen molar-refractivity contribution in [2.45, 2.75) is 5.92 Å².